The van der Waals surface area contributed by atoms with Gasteiger partial charge in [0, 0.05) is 32.3 Å². The quantitative estimate of drug-likeness (QED) is 0.743. The molecule has 5 nitrogen and oxygen atoms in total. The highest BCUT2D eigenvalue weighted by atomic mass is 15.2. The zero-order chi connectivity index (χ0) is 16.5. The molecule has 3 heterocycles. The zero-order valence-electron chi connectivity index (χ0n) is 14.2. The molecule has 0 saturated heterocycles. The second-order valence-electron chi connectivity index (χ2n) is 6.32. The molecule has 0 saturated carbocycles. The van der Waals surface area contributed by atoms with Crippen LogP contribution < -0.4 is 0 Å². The first-order chi connectivity index (χ1) is 11.7. The number of benzene rings is 1. The van der Waals surface area contributed by atoms with Crippen molar-refractivity contribution in [2.24, 2.45) is 0 Å². The smallest absolute Gasteiger partial charge is 0.128 e. The van der Waals surface area contributed by atoms with Gasteiger partial charge in [-0.3, -0.25) is 4.90 Å². The van der Waals surface area contributed by atoms with E-state index in [-0.39, 0.29) is 0 Å². The molecule has 0 aliphatic carbocycles. The maximum atomic E-state index is 4.82. The van der Waals surface area contributed by atoms with E-state index in [4.69, 9.17) is 15.0 Å². The molecule has 0 N–H and O–H groups in total. The SMILES string of the molecule is CCc1ncc2c(n1)CN(Cc1nc3ccccc3nc1C)CC2. The van der Waals surface area contributed by atoms with Gasteiger partial charge in [-0.1, -0.05) is 19.1 Å². The molecule has 0 atom stereocenters. The van der Waals surface area contributed by atoms with Crippen LogP contribution in [0.4, 0.5) is 0 Å². The Morgan fingerprint density at radius 3 is 2.67 bits per heavy atom. The van der Waals surface area contributed by atoms with E-state index in [0.717, 1.165) is 60.7 Å². The maximum Gasteiger partial charge on any atom is 0.128 e. The zero-order valence-corrected chi connectivity index (χ0v) is 14.2. The lowest BCUT2D eigenvalue weighted by Gasteiger charge is -2.28. The van der Waals surface area contributed by atoms with Crippen molar-refractivity contribution in [1.29, 1.82) is 0 Å². The largest absolute Gasteiger partial charge is 0.291 e. The van der Waals surface area contributed by atoms with Gasteiger partial charge in [0.05, 0.1) is 28.1 Å². The molecular formula is C19H21N5. The minimum absolute atomic E-state index is 0.814. The number of rotatable bonds is 3. The Morgan fingerprint density at radius 1 is 1.08 bits per heavy atom. The fourth-order valence-electron chi connectivity index (χ4n) is 3.19. The molecule has 3 aromatic rings. The first kappa shape index (κ1) is 15.1. The number of fused-ring (bicyclic) bond motifs is 2. The van der Waals surface area contributed by atoms with E-state index < -0.39 is 0 Å². The number of hydrogen-bond donors (Lipinski definition) is 0. The lowest BCUT2D eigenvalue weighted by atomic mass is 10.1. The van der Waals surface area contributed by atoms with E-state index in [1.807, 2.05) is 37.4 Å². The highest BCUT2D eigenvalue weighted by Crippen LogP contribution is 2.20. The van der Waals surface area contributed by atoms with Crippen LogP contribution in [0.1, 0.15) is 35.4 Å². The van der Waals surface area contributed by atoms with Crippen molar-refractivity contribution in [1.82, 2.24) is 24.8 Å². The Balaban J connectivity index is 1.58. The minimum atomic E-state index is 0.814. The predicted octanol–water partition coefficient (Wildman–Crippen LogP) is 2.85. The van der Waals surface area contributed by atoms with E-state index in [1.54, 1.807) is 0 Å². The van der Waals surface area contributed by atoms with E-state index in [9.17, 15) is 0 Å². The molecule has 0 amide bonds. The average molecular weight is 319 g/mol. The van der Waals surface area contributed by atoms with Crippen molar-refractivity contribution in [3.8, 4) is 0 Å². The summed E-state index contributed by atoms with van der Waals surface area (Å²) in [6, 6.07) is 8.05. The van der Waals surface area contributed by atoms with Gasteiger partial charge in [-0.05, 0) is 31.0 Å². The standard InChI is InChI=1S/C19H21N5/c1-3-19-20-10-14-8-9-24(12-18(14)23-19)11-17-13(2)21-15-6-4-5-7-16(15)22-17/h4-7,10H,3,8-9,11-12H2,1-2H3. The molecule has 0 radical (unpaired) electrons. The predicted molar refractivity (Wildman–Crippen MR) is 93.5 cm³/mol. The molecule has 0 spiro atoms. The second kappa shape index (κ2) is 6.24. The van der Waals surface area contributed by atoms with Gasteiger partial charge in [-0.15, -0.1) is 0 Å². The lowest BCUT2D eigenvalue weighted by molar-refractivity contribution is 0.237. The van der Waals surface area contributed by atoms with Crippen LogP contribution >= 0.6 is 0 Å². The van der Waals surface area contributed by atoms with E-state index in [1.165, 1.54) is 11.3 Å². The molecule has 1 aromatic carbocycles. The van der Waals surface area contributed by atoms with Crippen LogP contribution in [-0.2, 0) is 25.9 Å². The second-order valence-corrected chi connectivity index (χ2v) is 6.32. The number of hydrogen-bond acceptors (Lipinski definition) is 5. The number of aromatic nitrogens is 4. The highest BCUT2D eigenvalue weighted by molar-refractivity contribution is 5.74. The van der Waals surface area contributed by atoms with Crippen LogP contribution in [0.25, 0.3) is 11.0 Å². The van der Waals surface area contributed by atoms with Crippen LogP contribution in [0.15, 0.2) is 30.5 Å². The summed E-state index contributed by atoms with van der Waals surface area (Å²) >= 11 is 0. The minimum Gasteiger partial charge on any atom is -0.291 e. The van der Waals surface area contributed by atoms with Crippen LogP contribution in [-0.4, -0.2) is 31.4 Å². The molecule has 0 unspecified atom stereocenters. The monoisotopic (exact) mass is 319 g/mol. The van der Waals surface area contributed by atoms with Crippen LogP contribution in [0.3, 0.4) is 0 Å². The Hall–Kier alpha value is -2.40. The van der Waals surface area contributed by atoms with Gasteiger partial charge in [0.2, 0.25) is 0 Å². The van der Waals surface area contributed by atoms with Gasteiger partial charge in [-0.25, -0.2) is 19.9 Å². The molecule has 24 heavy (non-hydrogen) atoms. The number of nitrogens with zero attached hydrogens (tertiary/aromatic N) is 5. The molecule has 0 bridgehead atoms. The van der Waals surface area contributed by atoms with Gasteiger partial charge >= 0.3 is 0 Å². The molecule has 122 valence electrons. The van der Waals surface area contributed by atoms with Crippen LogP contribution in [0, 0.1) is 6.92 Å². The van der Waals surface area contributed by atoms with E-state index in [0.29, 0.717) is 0 Å². The summed E-state index contributed by atoms with van der Waals surface area (Å²) in [6.07, 6.45) is 3.88. The Morgan fingerprint density at radius 2 is 1.88 bits per heavy atom. The normalized spacial score (nSPS) is 14.8. The third-order valence-corrected chi connectivity index (χ3v) is 4.61. The van der Waals surface area contributed by atoms with Gasteiger partial charge in [0.15, 0.2) is 0 Å². The summed E-state index contributed by atoms with van der Waals surface area (Å²) in [6.45, 7) is 6.82. The summed E-state index contributed by atoms with van der Waals surface area (Å²) in [5, 5.41) is 0. The van der Waals surface area contributed by atoms with Crippen molar-refractivity contribution >= 4 is 11.0 Å². The maximum absolute atomic E-state index is 4.82. The summed E-state index contributed by atoms with van der Waals surface area (Å²) in [5.41, 5.74) is 6.44. The van der Waals surface area contributed by atoms with Gasteiger partial charge in [0.25, 0.3) is 0 Å². The molecule has 1 aliphatic heterocycles. The lowest BCUT2D eigenvalue weighted by Crippen LogP contribution is -2.32. The molecule has 4 rings (SSSR count). The summed E-state index contributed by atoms with van der Waals surface area (Å²) < 4.78 is 0. The van der Waals surface area contributed by atoms with Crippen molar-refractivity contribution in [3.05, 3.63) is 58.9 Å². The van der Waals surface area contributed by atoms with Crippen molar-refractivity contribution in [2.75, 3.05) is 6.54 Å². The summed E-state index contributed by atoms with van der Waals surface area (Å²) in [5.74, 6) is 0.928. The van der Waals surface area contributed by atoms with Crippen molar-refractivity contribution < 1.29 is 0 Å². The average Bonchev–Trinajstić information content (AvgIpc) is 2.61. The summed E-state index contributed by atoms with van der Waals surface area (Å²) in [7, 11) is 0. The topological polar surface area (TPSA) is 54.8 Å². The third kappa shape index (κ3) is 2.87. The van der Waals surface area contributed by atoms with Crippen molar-refractivity contribution in [3.63, 3.8) is 0 Å². The molecule has 1 aliphatic rings. The fourth-order valence-corrected chi connectivity index (χ4v) is 3.19. The van der Waals surface area contributed by atoms with Crippen molar-refractivity contribution in [2.45, 2.75) is 39.8 Å². The number of aryl methyl sites for hydroxylation is 2. The fraction of sp³-hybridized carbons (Fsp3) is 0.368. The molecular weight excluding hydrogens is 298 g/mol. The summed E-state index contributed by atoms with van der Waals surface area (Å²) in [4.78, 5) is 21.0. The Labute approximate surface area is 141 Å². The molecule has 5 heteroatoms. The Bertz CT molecular complexity index is 890. The van der Waals surface area contributed by atoms with Gasteiger partial charge in [-0.2, -0.15) is 0 Å². The molecule has 2 aromatic heterocycles. The molecule has 0 fully saturated rings. The van der Waals surface area contributed by atoms with Crippen LogP contribution in [0.5, 0.6) is 0 Å². The van der Waals surface area contributed by atoms with E-state index >= 15 is 0 Å². The first-order valence-electron chi connectivity index (χ1n) is 8.51. The van der Waals surface area contributed by atoms with Gasteiger partial charge in [0.1, 0.15) is 5.82 Å². The highest BCUT2D eigenvalue weighted by Gasteiger charge is 2.20. The van der Waals surface area contributed by atoms with Crippen LogP contribution in [0.2, 0.25) is 0 Å². The first-order valence-corrected chi connectivity index (χ1v) is 8.51. The third-order valence-electron chi connectivity index (χ3n) is 4.61. The Kier molecular flexibility index (Phi) is 3.94. The van der Waals surface area contributed by atoms with Gasteiger partial charge < -0.3 is 0 Å². The number of para-hydroxylation sites is 2. The van der Waals surface area contributed by atoms with E-state index in [2.05, 4.69) is 16.8 Å².